The lowest BCUT2D eigenvalue weighted by Gasteiger charge is -2.29. The topological polar surface area (TPSA) is 50.3 Å². The largest absolute Gasteiger partial charge is 0.343 e. The summed E-state index contributed by atoms with van der Waals surface area (Å²) in [5.41, 5.74) is 4.86. The summed E-state index contributed by atoms with van der Waals surface area (Å²) in [6, 6.07) is 12.8. The fraction of sp³-hybridized carbons (Fsp3) is 0.136. The number of benzene rings is 1. The third kappa shape index (κ3) is 2.60. The van der Waals surface area contributed by atoms with Gasteiger partial charge in [-0.05, 0) is 43.7 Å². The number of hydrogen-bond donors (Lipinski definition) is 0. The van der Waals surface area contributed by atoms with E-state index in [-0.39, 0.29) is 17.1 Å². The Kier molecular flexibility index (Phi) is 3.88. The number of ketones is 2. The van der Waals surface area contributed by atoms with Crippen LogP contribution < -0.4 is 0 Å². The highest BCUT2D eigenvalue weighted by Gasteiger charge is 2.35. The zero-order valence-corrected chi connectivity index (χ0v) is 14.7. The first-order valence-electron chi connectivity index (χ1n) is 8.53. The lowest BCUT2D eigenvalue weighted by Crippen LogP contribution is -2.23. The van der Waals surface area contributed by atoms with E-state index in [1.54, 1.807) is 30.5 Å². The SMILES string of the molecule is CC1=CC(=C2C(=O)c3ccccc3C2=O)C=C(C)N1Cc1ccccn1. The molecule has 2 aromatic rings. The summed E-state index contributed by atoms with van der Waals surface area (Å²) >= 11 is 0. The van der Waals surface area contributed by atoms with Crippen LogP contribution in [0.25, 0.3) is 0 Å². The van der Waals surface area contributed by atoms with Crippen LogP contribution in [0, 0.1) is 0 Å². The van der Waals surface area contributed by atoms with Crippen molar-refractivity contribution >= 4 is 11.6 Å². The molecule has 128 valence electrons. The maximum atomic E-state index is 12.7. The van der Waals surface area contributed by atoms with Crippen molar-refractivity contribution in [2.45, 2.75) is 20.4 Å². The van der Waals surface area contributed by atoms with Crippen molar-refractivity contribution in [1.82, 2.24) is 9.88 Å². The highest BCUT2D eigenvalue weighted by atomic mass is 16.2. The molecule has 0 bridgehead atoms. The van der Waals surface area contributed by atoms with Crippen LogP contribution >= 0.6 is 0 Å². The number of carbonyl (C=O) groups is 2. The lowest BCUT2D eigenvalue weighted by molar-refractivity contribution is 0.0988. The van der Waals surface area contributed by atoms with Gasteiger partial charge in [-0.3, -0.25) is 14.6 Å². The van der Waals surface area contributed by atoms with Crippen LogP contribution in [0.2, 0.25) is 0 Å². The number of nitrogens with zero attached hydrogens (tertiary/aromatic N) is 2. The molecule has 0 atom stereocenters. The van der Waals surface area contributed by atoms with Gasteiger partial charge in [0.2, 0.25) is 0 Å². The molecule has 0 amide bonds. The fourth-order valence-electron chi connectivity index (χ4n) is 3.49. The van der Waals surface area contributed by atoms with Crippen molar-refractivity contribution in [2.75, 3.05) is 0 Å². The first-order valence-corrected chi connectivity index (χ1v) is 8.53. The third-order valence-corrected chi connectivity index (χ3v) is 4.79. The van der Waals surface area contributed by atoms with Crippen LogP contribution in [0.3, 0.4) is 0 Å². The van der Waals surface area contributed by atoms with Gasteiger partial charge in [0.25, 0.3) is 0 Å². The van der Waals surface area contributed by atoms with Crippen LogP contribution in [0.15, 0.2) is 83.4 Å². The van der Waals surface area contributed by atoms with Gasteiger partial charge in [0.05, 0.1) is 17.8 Å². The lowest BCUT2D eigenvalue weighted by atomic mass is 9.98. The predicted molar refractivity (Wildman–Crippen MR) is 99.4 cm³/mol. The van der Waals surface area contributed by atoms with E-state index in [9.17, 15) is 9.59 Å². The molecule has 0 saturated carbocycles. The average molecular weight is 342 g/mol. The normalized spacial score (nSPS) is 16.6. The average Bonchev–Trinajstić information content (AvgIpc) is 2.90. The van der Waals surface area contributed by atoms with Crippen LogP contribution in [-0.2, 0) is 6.54 Å². The summed E-state index contributed by atoms with van der Waals surface area (Å²) in [6.07, 6.45) is 5.60. The molecule has 0 fully saturated rings. The van der Waals surface area contributed by atoms with E-state index in [0.717, 1.165) is 17.1 Å². The molecule has 0 spiro atoms. The summed E-state index contributed by atoms with van der Waals surface area (Å²) in [5, 5.41) is 0. The third-order valence-electron chi connectivity index (χ3n) is 4.79. The highest BCUT2D eigenvalue weighted by molar-refractivity contribution is 6.40. The highest BCUT2D eigenvalue weighted by Crippen LogP contribution is 2.33. The standard InChI is InChI=1S/C22H18N2O2/c1-14-11-16(12-15(2)24(14)13-17-7-5-6-10-23-17)20-21(25)18-8-3-4-9-19(18)22(20)26/h3-12H,13H2,1-2H3. The number of hydrogen-bond acceptors (Lipinski definition) is 4. The first kappa shape index (κ1) is 16.2. The molecule has 1 aliphatic carbocycles. The van der Waals surface area contributed by atoms with Crippen LogP contribution in [-0.4, -0.2) is 21.5 Å². The Balaban J connectivity index is 1.72. The first-order chi connectivity index (χ1) is 12.6. The molecule has 2 aliphatic rings. The molecule has 4 heteroatoms. The fourth-order valence-corrected chi connectivity index (χ4v) is 3.49. The number of Topliss-reactive ketones (excluding diaryl/α,β-unsaturated/α-hetero) is 2. The molecular formula is C22H18N2O2. The van der Waals surface area contributed by atoms with Gasteiger partial charge in [-0.15, -0.1) is 0 Å². The summed E-state index contributed by atoms with van der Waals surface area (Å²) in [5.74, 6) is -0.376. The number of carbonyl (C=O) groups excluding carboxylic acids is 2. The van der Waals surface area contributed by atoms with Gasteiger partial charge >= 0.3 is 0 Å². The van der Waals surface area contributed by atoms with E-state index < -0.39 is 0 Å². The second-order valence-corrected chi connectivity index (χ2v) is 6.51. The van der Waals surface area contributed by atoms with Crippen molar-refractivity contribution in [1.29, 1.82) is 0 Å². The van der Waals surface area contributed by atoms with Crippen LogP contribution in [0.4, 0.5) is 0 Å². The van der Waals surface area contributed by atoms with Gasteiger partial charge < -0.3 is 4.90 Å². The Morgan fingerprint density at radius 3 is 1.96 bits per heavy atom. The van der Waals surface area contributed by atoms with Gasteiger partial charge in [0.15, 0.2) is 11.6 Å². The van der Waals surface area contributed by atoms with Gasteiger partial charge in [0.1, 0.15) is 0 Å². The quantitative estimate of drug-likeness (QED) is 0.609. The Morgan fingerprint density at radius 1 is 0.846 bits per heavy atom. The second-order valence-electron chi connectivity index (χ2n) is 6.51. The number of fused-ring (bicyclic) bond motifs is 1. The van der Waals surface area contributed by atoms with E-state index in [2.05, 4.69) is 9.88 Å². The molecule has 26 heavy (non-hydrogen) atoms. The Bertz CT molecular complexity index is 954. The molecule has 1 aromatic carbocycles. The Labute approximate surface area is 152 Å². The Morgan fingerprint density at radius 2 is 1.42 bits per heavy atom. The van der Waals surface area contributed by atoms with E-state index in [1.165, 1.54) is 0 Å². The van der Waals surface area contributed by atoms with Gasteiger partial charge in [0, 0.05) is 28.7 Å². The van der Waals surface area contributed by atoms with Crippen molar-refractivity contribution in [3.05, 3.63) is 100 Å². The number of aromatic nitrogens is 1. The summed E-state index contributed by atoms with van der Waals surface area (Å²) in [6.45, 7) is 4.62. The maximum absolute atomic E-state index is 12.7. The minimum absolute atomic E-state index is 0.188. The van der Waals surface area contributed by atoms with E-state index >= 15 is 0 Å². The van der Waals surface area contributed by atoms with Crippen molar-refractivity contribution in [3.8, 4) is 0 Å². The summed E-state index contributed by atoms with van der Waals surface area (Å²) in [7, 11) is 0. The van der Waals surface area contributed by atoms with Crippen LogP contribution in [0.5, 0.6) is 0 Å². The Hall–Kier alpha value is -3.27. The number of rotatable bonds is 2. The van der Waals surface area contributed by atoms with Gasteiger partial charge in [-0.25, -0.2) is 0 Å². The van der Waals surface area contributed by atoms with E-state index in [4.69, 9.17) is 0 Å². The number of allylic oxidation sites excluding steroid dienone is 6. The van der Waals surface area contributed by atoms with Crippen molar-refractivity contribution < 1.29 is 9.59 Å². The molecule has 0 N–H and O–H groups in total. The minimum Gasteiger partial charge on any atom is -0.343 e. The van der Waals surface area contributed by atoms with Crippen molar-refractivity contribution in [3.63, 3.8) is 0 Å². The monoisotopic (exact) mass is 342 g/mol. The smallest absolute Gasteiger partial charge is 0.198 e. The molecule has 0 radical (unpaired) electrons. The van der Waals surface area contributed by atoms with Crippen LogP contribution in [0.1, 0.15) is 40.3 Å². The van der Waals surface area contributed by atoms with Gasteiger partial charge in [-0.1, -0.05) is 30.3 Å². The van der Waals surface area contributed by atoms with Gasteiger partial charge in [-0.2, -0.15) is 0 Å². The molecule has 2 heterocycles. The summed E-state index contributed by atoms with van der Waals surface area (Å²) < 4.78 is 0. The van der Waals surface area contributed by atoms with E-state index in [1.807, 2.05) is 44.2 Å². The molecule has 1 aliphatic heterocycles. The predicted octanol–water partition coefficient (Wildman–Crippen LogP) is 4.08. The zero-order chi connectivity index (χ0) is 18.3. The molecule has 1 aromatic heterocycles. The molecule has 4 nitrogen and oxygen atoms in total. The van der Waals surface area contributed by atoms with Crippen molar-refractivity contribution in [2.24, 2.45) is 0 Å². The molecule has 0 saturated heterocycles. The molecule has 4 rings (SSSR count). The number of pyridine rings is 1. The zero-order valence-electron chi connectivity index (χ0n) is 14.7. The minimum atomic E-state index is -0.188. The van der Waals surface area contributed by atoms with E-state index in [0.29, 0.717) is 23.2 Å². The summed E-state index contributed by atoms with van der Waals surface area (Å²) in [4.78, 5) is 32.0. The molecular weight excluding hydrogens is 324 g/mol. The molecule has 0 unspecified atom stereocenters. The second kappa shape index (κ2) is 6.23. The maximum Gasteiger partial charge on any atom is 0.198 e.